The molecular weight excluding hydrogens is 254 g/mol. The second-order valence-corrected chi connectivity index (χ2v) is 5.30. The number of unbranched alkanes of at least 4 members (excludes halogenated alkanes) is 3. The maximum Gasteiger partial charge on any atom is 0.122 e. The summed E-state index contributed by atoms with van der Waals surface area (Å²) in [5.41, 5.74) is 0.958. The topological polar surface area (TPSA) is 22.1 Å². The minimum Gasteiger partial charge on any atom is -0.371 e. The molecule has 1 aromatic rings. The van der Waals surface area contributed by atoms with Gasteiger partial charge in [-0.1, -0.05) is 33.1 Å². The molecule has 17 heavy (non-hydrogen) atoms. The van der Waals surface area contributed by atoms with Crippen molar-refractivity contribution in [2.24, 2.45) is 0 Å². The van der Waals surface area contributed by atoms with E-state index in [4.69, 9.17) is 16.3 Å². The van der Waals surface area contributed by atoms with Gasteiger partial charge in [-0.3, -0.25) is 0 Å². The van der Waals surface area contributed by atoms with Crippen molar-refractivity contribution in [1.82, 2.24) is 4.98 Å². The zero-order valence-electron chi connectivity index (χ0n) is 10.7. The number of alkyl halides is 1. The summed E-state index contributed by atoms with van der Waals surface area (Å²) in [5.74, 6) is 0.490. The molecule has 0 fully saturated rings. The molecule has 1 rings (SSSR count). The van der Waals surface area contributed by atoms with Gasteiger partial charge in [-0.15, -0.1) is 22.9 Å². The minimum atomic E-state index is 0.151. The van der Waals surface area contributed by atoms with Gasteiger partial charge in [0.1, 0.15) is 11.1 Å². The van der Waals surface area contributed by atoms with E-state index in [0.717, 1.165) is 30.2 Å². The highest BCUT2D eigenvalue weighted by atomic mass is 35.5. The van der Waals surface area contributed by atoms with E-state index in [-0.39, 0.29) is 6.10 Å². The molecule has 98 valence electrons. The van der Waals surface area contributed by atoms with Crippen molar-refractivity contribution < 1.29 is 4.74 Å². The lowest BCUT2D eigenvalue weighted by Crippen LogP contribution is -2.04. The molecular formula is C13H22ClNOS. The van der Waals surface area contributed by atoms with E-state index in [1.807, 2.05) is 5.38 Å². The summed E-state index contributed by atoms with van der Waals surface area (Å²) in [6.07, 6.45) is 6.11. The van der Waals surface area contributed by atoms with E-state index in [0.29, 0.717) is 5.88 Å². The van der Waals surface area contributed by atoms with Crippen LogP contribution in [0.5, 0.6) is 0 Å². The Bertz CT molecular complexity index is 303. The second-order valence-electron chi connectivity index (χ2n) is 4.14. The Balaban J connectivity index is 2.32. The van der Waals surface area contributed by atoms with Gasteiger partial charge >= 0.3 is 0 Å². The lowest BCUT2D eigenvalue weighted by molar-refractivity contribution is 0.0471. The zero-order valence-corrected chi connectivity index (χ0v) is 12.3. The molecule has 2 nitrogen and oxygen atoms in total. The number of hydrogen-bond donors (Lipinski definition) is 0. The number of nitrogens with zero attached hydrogens (tertiary/aromatic N) is 1. The lowest BCUT2D eigenvalue weighted by Gasteiger charge is -2.13. The average Bonchev–Trinajstić information content (AvgIpc) is 2.82. The molecule has 1 atom stereocenters. The number of hydrogen-bond acceptors (Lipinski definition) is 3. The van der Waals surface area contributed by atoms with Crippen LogP contribution in [0, 0.1) is 0 Å². The van der Waals surface area contributed by atoms with Gasteiger partial charge in [0.2, 0.25) is 0 Å². The molecule has 0 spiro atoms. The highest BCUT2D eigenvalue weighted by molar-refractivity contribution is 7.09. The molecule has 0 aliphatic rings. The van der Waals surface area contributed by atoms with Crippen molar-refractivity contribution in [3.8, 4) is 0 Å². The Hall–Kier alpha value is -0.120. The van der Waals surface area contributed by atoms with Crippen LogP contribution >= 0.6 is 22.9 Å². The first-order chi connectivity index (χ1) is 8.31. The fourth-order valence-corrected chi connectivity index (χ4v) is 2.83. The highest BCUT2D eigenvalue weighted by Crippen LogP contribution is 2.25. The zero-order chi connectivity index (χ0) is 12.5. The normalized spacial score (nSPS) is 12.9. The number of halogens is 1. The maximum absolute atomic E-state index is 5.89. The molecule has 1 heterocycles. The van der Waals surface area contributed by atoms with E-state index < -0.39 is 0 Å². The van der Waals surface area contributed by atoms with Crippen molar-refractivity contribution in [3.63, 3.8) is 0 Å². The second kappa shape index (κ2) is 8.90. The maximum atomic E-state index is 5.89. The van der Waals surface area contributed by atoms with E-state index in [9.17, 15) is 0 Å². The van der Waals surface area contributed by atoms with E-state index in [1.54, 1.807) is 11.3 Å². The Morgan fingerprint density at radius 2 is 2.18 bits per heavy atom. The molecule has 0 aliphatic carbocycles. The standard InChI is InChI=1S/C13H22ClNOS/c1-3-5-6-7-8-16-12(4-2)13-15-11(9-14)10-17-13/h10,12H,3-9H2,1-2H3. The fraction of sp³-hybridized carbons (Fsp3) is 0.769. The quantitative estimate of drug-likeness (QED) is 0.471. The van der Waals surface area contributed by atoms with Gasteiger partial charge in [0.25, 0.3) is 0 Å². The van der Waals surface area contributed by atoms with Crippen LogP contribution in [0.25, 0.3) is 0 Å². The van der Waals surface area contributed by atoms with Crippen LogP contribution in [0.4, 0.5) is 0 Å². The average molecular weight is 276 g/mol. The van der Waals surface area contributed by atoms with Crippen molar-refractivity contribution >= 4 is 22.9 Å². The highest BCUT2D eigenvalue weighted by Gasteiger charge is 2.13. The summed E-state index contributed by atoms with van der Waals surface area (Å²) in [5, 5.41) is 3.09. The van der Waals surface area contributed by atoms with E-state index in [1.165, 1.54) is 19.3 Å². The van der Waals surface area contributed by atoms with Crippen LogP contribution in [0.3, 0.4) is 0 Å². The monoisotopic (exact) mass is 275 g/mol. The Morgan fingerprint density at radius 3 is 2.76 bits per heavy atom. The summed E-state index contributed by atoms with van der Waals surface area (Å²) >= 11 is 7.41. The first kappa shape index (κ1) is 14.9. The minimum absolute atomic E-state index is 0.151. The van der Waals surface area contributed by atoms with Crippen molar-refractivity contribution in [2.75, 3.05) is 6.61 Å². The third-order valence-electron chi connectivity index (χ3n) is 2.67. The molecule has 0 bridgehead atoms. The Kier molecular flexibility index (Phi) is 7.82. The predicted octanol–water partition coefficient (Wildman–Crippen LogP) is 4.93. The first-order valence-corrected chi connectivity index (χ1v) is 7.85. The van der Waals surface area contributed by atoms with E-state index in [2.05, 4.69) is 18.8 Å². The van der Waals surface area contributed by atoms with Crippen LogP contribution in [-0.2, 0) is 10.6 Å². The number of ether oxygens (including phenoxy) is 1. The molecule has 0 radical (unpaired) electrons. The molecule has 1 aromatic heterocycles. The summed E-state index contributed by atoms with van der Waals surface area (Å²) in [4.78, 5) is 4.48. The number of rotatable bonds is 9. The van der Waals surface area contributed by atoms with Gasteiger partial charge in [0.15, 0.2) is 0 Å². The van der Waals surface area contributed by atoms with Gasteiger partial charge in [0, 0.05) is 12.0 Å². The van der Waals surface area contributed by atoms with Crippen LogP contribution in [0.1, 0.15) is 62.8 Å². The van der Waals surface area contributed by atoms with Gasteiger partial charge in [-0.25, -0.2) is 4.98 Å². The summed E-state index contributed by atoms with van der Waals surface area (Å²) < 4.78 is 5.89. The van der Waals surface area contributed by atoms with Crippen LogP contribution in [0.15, 0.2) is 5.38 Å². The molecule has 0 aliphatic heterocycles. The molecule has 0 N–H and O–H groups in total. The molecule has 0 saturated carbocycles. The smallest absolute Gasteiger partial charge is 0.122 e. The van der Waals surface area contributed by atoms with Gasteiger partial charge in [-0.2, -0.15) is 0 Å². The number of aromatic nitrogens is 1. The molecule has 0 amide bonds. The lowest BCUT2D eigenvalue weighted by atomic mass is 10.2. The van der Waals surface area contributed by atoms with Crippen molar-refractivity contribution in [1.29, 1.82) is 0 Å². The molecule has 0 saturated heterocycles. The van der Waals surface area contributed by atoms with Gasteiger partial charge in [0.05, 0.1) is 11.6 Å². The molecule has 1 unspecified atom stereocenters. The predicted molar refractivity (Wildman–Crippen MR) is 74.8 cm³/mol. The van der Waals surface area contributed by atoms with Gasteiger partial charge < -0.3 is 4.74 Å². The van der Waals surface area contributed by atoms with Crippen LogP contribution in [0.2, 0.25) is 0 Å². The first-order valence-electron chi connectivity index (χ1n) is 6.43. The summed E-state index contributed by atoms with van der Waals surface area (Å²) in [6, 6.07) is 0. The molecule has 4 heteroatoms. The number of thiazole rings is 1. The van der Waals surface area contributed by atoms with Crippen molar-refractivity contribution in [2.45, 2.75) is 57.9 Å². The largest absolute Gasteiger partial charge is 0.371 e. The fourth-order valence-electron chi connectivity index (χ4n) is 1.65. The summed E-state index contributed by atoms with van der Waals surface area (Å²) in [6.45, 7) is 5.20. The van der Waals surface area contributed by atoms with E-state index >= 15 is 0 Å². The van der Waals surface area contributed by atoms with Crippen LogP contribution < -0.4 is 0 Å². The third-order valence-corrected chi connectivity index (χ3v) is 3.93. The summed E-state index contributed by atoms with van der Waals surface area (Å²) in [7, 11) is 0. The van der Waals surface area contributed by atoms with Gasteiger partial charge in [-0.05, 0) is 12.8 Å². The van der Waals surface area contributed by atoms with Crippen LogP contribution in [-0.4, -0.2) is 11.6 Å². The van der Waals surface area contributed by atoms with Crippen molar-refractivity contribution in [3.05, 3.63) is 16.1 Å². The SMILES string of the molecule is CCCCCCOC(CC)c1nc(CCl)cs1. The third kappa shape index (κ3) is 5.36. The molecule has 0 aromatic carbocycles. The Morgan fingerprint density at radius 1 is 1.35 bits per heavy atom. The Labute approximate surface area is 113 Å².